The normalized spacial score (nSPS) is 13.9. The van der Waals surface area contributed by atoms with E-state index in [2.05, 4.69) is 27.8 Å². The summed E-state index contributed by atoms with van der Waals surface area (Å²) >= 11 is 0. The molecule has 8 heteroatoms. The first-order valence-electron chi connectivity index (χ1n) is 11.5. The van der Waals surface area contributed by atoms with Crippen molar-refractivity contribution in [2.75, 3.05) is 69.0 Å². The van der Waals surface area contributed by atoms with Crippen LogP contribution in [0, 0.1) is 0 Å². The van der Waals surface area contributed by atoms with E-state index in [1.54, 1.807) is 12.1 Å². The Morgan fingerprint density at radius 3 is 2.45 bits per heavy atom. The number of nitrogens with zero attached hydrogens (tertiary/aromatic N) is 2. The van der Waals surface area contributed by atoms with E-state index in [1.165, 1.54) is 0 Å². The van der Waals surface area contributed by atoms with E-state index in [0.29, 0.717) is 17.8 Å². The van der Waals surface area contributed by atoms with Crippen LogP contribution in [0.5, 0.6) is 0 Å². The lowest BCUT2D eigenvalue weighted by Gasteiger charge is -2.26. The summed E-state index contributed by atoms with van der Waals surface area (Å²) in [4.78, 5) is 29.7. The van der Waals surface area contributed by atoms with E-state index in [0.717, 1.165) is 62.6 Å². The van der Waals surface area contributed by atoms with Gasteiger partial charge in [0.25, 0.3) is 5.91 Å². The van der Waals surface area contributed by atoms with Crippen LogP contribution in [0.1, 0.15) is 29.3 Å². The number of urea groups is 1. The Hall–Kier alpha value is -3.10. The van der Waals surface area contributed by atoms with Crippen LogP contribution >= 0.6 is 0 Å². The van der Waals surface area contributed by atoms with Gasteiger partial charge in [-0.25, -0.2) is 4.79 Å². The zero-order valence-corrected chi connectivity index (χ0v) is 19.8. The largest absolute Gasteiger partial charge is 0.379 e. The maximum Gasteiger partial charge on any atom is 0.323 e. The molecule has 0 bridgehead atoms. The van der Waals surface area contributed by atoms with Gasteiger partial charge in [-0.15, -0.1) is 0 Å². The molecule has 1 fully saturated rings. The molecular formula is C25H35N5O3. The summed E-state index contributed by atoms with van der Waals surface area (Å²) in [7, 11) is 3.79. The van der Waals surface area contributed by atoms with Crippen molar-refractivity contribution >= 4 is 29.0 Å². The van der Waals surface area contributed by atoms with Crippen molar-refractivity contribution in [2.45, 2.75) is 19.8 Å². The highest BCUT2D eigenvalue weighted by Gasteiger charge is 2.15. The average Bonchev–Trinajstić information content (AvgIpc) is 2.82. The highest BCUT2D eigenvalue weighted by molar-refractivity contribution is 6.04. The Kier molecular flexibility index (Phi) is 9.09. The second-order valence-electron chi connectivity index (χ2n) is 8.32. The molecule has 1 saturated heterocycles. The number of hydrogen-bond donors (Lipinski definition) is 3. The zero-order chi connectivity index (χ0) is 23.6. The monoisotopic (exact) mass is 453 g/mol. The van der Waals surface area contributed by atoms with Crippen molar-refractivity contribution in [1.29, 1.82) is 0 Å². The first kappa shape index (κ1) is 24.5. The Labute approximate surface area is 196 Å². The molecule has 1 aliphatic heterocycles. The number of rotatable bonds is 9. The molecule has 0 saturated carbocycles. The maximum atomic E-state index is 12.9. The second-order valence-corrected chi connectivity index (χ2v) is 8.32. The number of nitrogens with one attached hydrogen (secondary N) is 3. The minimum atomic E-state index is -0.349. The fourth-order valence-corrected chi connectivity index (χ4v) is 3.77. The standard InChI is InChI=1S/C25H35N5O3/c1-4-19-7-5-8-20(17-19)27-25(32)28-21-9-10-23(29(2)3)22(18-21)24(31)26-11-6-12-30-13-15-33-16-14-30/h5,7-10,17-18H,4,6,11-16H2,1-3H3,(H,26,31)(H2,27,28,32). The molecule has 0 atom stereocenters. The third-order valence-electron chi connectivity index (χ3n) is 5.61. The maximum absolute atomic E-state index is 12.9. The lowest BCUT2D eigenvalue weighted by atomic mass is 10.1. The lowest BCUT2D eigenvalue weighted by Crippen LogP contribution is -2.38. The van der Waals surface area contributed by atoms with Gasteiger partial charge in [0.05, 0.1) is 18.8 Å². The lowest BCUT2D eigenvalue weighted by molar-refractivity contribution is 0.0374. The molecule has 1 heterocycles. The summed E-state index contributed by atoms with van der Waals surface area (Å²) in [6, 6.07) is 12.8. The summed E-state index contributed by atoms with van der Waals surface area (Å²) in [5, 5.41) is 8.70. The van der Waals surface area contributed by atoms with Crippen molar-refractivity contribution in [2.24, 2.45) is 0 Å². The summed E-state index contributed by atoms with van der Waals surface area (Å²) in [6.45, 7) is 7.03. The summed E-state index contributed by atoms with van der Waals surface area (Å²) in [6.07, 6.45) is 1.77. The number of anilines is 3. The second kappa shape index (κ2) is 12.2. The van der Waals surface area contributed by atoms with Crippen LogP contribution in [0.15, 0.2) is 42.5 Å². The van der Waals surface area contributed by atoms with E-state index in [1.807, 2.05) is 49.3 Å². The molecule has 3 rings (SSSR count). The average molecular weight is 454 g/mol. The molecule has 33 heavy (non-hydrogen) atoms. The molecule has 8 nitrogen and oxygen atoms in total. The van der Waals surface area contributed by atoms with Crippen molar-refractivity contribution < 1.29 is 14.3 Å². The number of morpholine rings is 1. The van der Waals surface area contributed by atoms with Gasteiger partial charge in [-0.05, 0) is 55.3 Å². The van der Waals surface area contributed by atoms with E-state index in [9.17, 15) is 9.59 Å². The molecular weight excluding hydrogens is 418 g/mol. The summed E-state index contributed by atoms with van der Waals surface area (Å²) in [5.74, 6) is -0.152. The zero-order valence-electron chi connectivity index (χ0n) is 19.8. The van der Waals surface area contributed by atoms with Crippen LogP contribution < -0.4 is 20.9 Å². The number of carbonyl (C=O) groups excluding carboxylic acids is 2. The molecule has 178 valence electrons. The topological polar surface area (TPSA) is 85.9 Å². The third kappa shape index (κ3) is 7.47. The highest BCUT2D eigenvalue weighted by atomic mass is 16.5. The molecule has 2 aromatic rings. The number of carbonyl (C=O) groups is 2. The molecule has 3 amide bonds. The van der Waals surface area contributed by atoms with Gasteiger partial charge in [0.1, 0.15) is 0 Å². The molecule has 0 aromatic heterocycles. The molecule has 3 N–H and O–H groups in total. The molecule has 0 unspecified atom stereocenters. The minimum absolute atomic E-state index is 0.152. The molecule has 0 aliphatic carbocycles. The summed E-state index contributed by atoms with van der Waals surface area (Å²) in [5.41, 5.74) is 3.76. The fraction of sp³-hybridized carbons (Fsp3) is 0.440. The van der Waals surface area contributed by atoms with Gasteiger partial charge in [-0.3, -0.25) is 9.69 Å². The van der Waals surface area contributed by atoms with Crippen LogP contribution in [0.25, 0.3) is 0 Å². The summed E-state index contributed by atoms with van der Waals surface area (Å²) < 4.78 is 5.37. The van der Waals surface area contributed by atoms with Crippen molar-refractivity contribution in [3.05, 3.63) is 53.6 Å². The minimum Gasteiger partial charge on any atom is -0.379 e. The van der Waals surface area contributed by atoms with Crippen LogP contribution in [0.4, 0.5) is 21.9 Å². The molecule has 1 aliphatic rings. The quantitative estimate of drug-likeness (QED) is 0.507. The highest BCUT2D eigenvalue weighted by Crippen LogP contribution is 2.23. The Morgan fingerprint density at radius 1 is 1.03 bits per heavy atom. The Morgan fingerprint density at radius 2 is 1.76 bits per heavy atom. The van der Waals surface area contributed by atoms with E-state index >= 15 is 0 Å². The van der Waals surface area contributed by atoms with Gasteiger partial charge >= 0.3 is 6.03 Å². The molecule has 0 spiro atoms. The first-order valence-corrected chi connectivity index (χ1v) is 11.5. The van der Waals surface area contributed by atoms with E-state index < -0.39 is 0 Å². The predicted molar refractivity (Wildman–Crippen MR) is 133 cm³/mol. The first-order chi connectivity index (χ1) is 16.0. The number of hydrogen-bond acceptors (Lipinski definition) is 5. The Bertz CT molecular complexity index is 941. The van der Waals surface area contributed by atoms with Crippen LogP contribution in [0.2, 0.25) is 0 Å². The predicted octanol–water partition coefficient (Wildman–Crippen LogP) is 3.41. The molecule has 0 radical (unpaired) electrons. The Balaban J connectivity index is 1.59. The number of benzene rings is 2. The van der Waals surface area contributed by atoms with E-state index in [4.69, 9.17) is 4.74 Å². The van der Waals surface area contributed by atoms with Crippen molar-refractivity contribution in [1.82, 2.24) is 10.2 Å². The van der Waals surface area contributed by atoms with Gasteiger partial charge in [0.2, 0.25) is 0 Å². The fourth-order valence-electron chi connectivity index (χ4n) is 3.77. The van der Waals surface area contributed by atoms with Crippen LogP contribution in [-0.2, 0) is 11.2 Å². The van der Waals surface area contributed by atoms with E-state index in [-0.39, 0.29) is 11.9 Å². The van der Waals surface area contributed by atoms with Crippen LogP contribution in [0.3, 0.4) is 0 Å². The van der Waals surface area contributed by atoms with Gasteiger partial charge in [0.15, 0.2) is 0 Å². The number of ether oxygens (including phenoxy) is 1. The smallest absolute Gasteiger partial charge is 0.323 e. The van der Waals surface area contributed by atoms with Gasteiger partial charge in [0, 0.05) is 50.8 Å². The number of aryl methyl sites for hydroxylation is 1. The SMILES string of the molecule is CCc1cccc(NC(=O)Nc2ccc(N(C)C)c(C(=O)NCCCN3CCOCC3)c2)c1. The van der Waals surface area contributed by atoms with Gasteiger partial charge in [-0.1, -0.05) is 19.1 Å². The van der Waals surface area contributed by atoms with Gasteiger partial charge in [-0.2, -0.15) is 0 Å². The van der Waals surface area contributed by atoms with Gasteiger partial charge < -0.3 is 25.6 Å². The van der Waals surface area contributed by atoms with Crippen LogP contribution in [-0.4, -0.2) is 70.3 Å². The molecule has 2 aromatic carbocycles. The van der Waals surface area contributed by atoms with Crippen molar-refractivity contribution in [3.8, 4) is 0 Å². The third-order valence-corrected chi connectivity index (χ3v) is 5.61. The van der Waals surface area contributed by atoms with Crippen molar-refractivity contribution in [3.63, 3.8) is 0 Å². The number of amides is 3.